The SMILES string of the molecule is Clc1c[nH]c2ncnc(N[C@@H]3CCCNC3)c12. The molecule has 17 heavy (non-hydrogen) atoms. The molecular weight excluding hydrogens is 238 g/mol. The quantitative estimate of drug-likeness (QED) is 0.761. The van der Waals surface area contributed by atoms with E-state index in [2.05, 4.69) is 25.6 Å². The maximum absolute atomic E-state index is 6.13. The minimum atomic E-state index is 0.410. The summed E-state index contributed by atoms with van der Waals surface area (Å²) in [4.78, 5) is 11.5. The highest BCUT2D eigenvalue weighted by molar-refractivity contribution is 6.36. The van der Waals surface area contributed by atoms with Gasteiger partial charge in [-0.2, -0.15) is 0 Å². The maximum atomic E-state index is 6.13. The standard InChI is InChI=1S/C11H14ClN5/c12-8-5-14-10-9(8)11(16-6-15-10)17-7-2-1-3-13-4-7/h5-7,13H,1-4H2,(H2,14,15,16,17)/t7-/m1/s1. The van der Waals surface area contributed by atoms with Gasteiger partial charge in [0.2, 0.25) is 0 Å². The Bertz CT molecular complexity index is 518. The summed E-state index contributed by atoms with van der Waals surface area (Å²) in [5, 5.41) is 8.33. The summed E-state index contributed by atoms with van der Waals surface area (Å²) < 4.78 is 0. The lowest BCUT2D eigenvalue weighted by atomic mass is 10.1. The number of piperidine rings is 1. The van der Waals surface area contributed by atoms with Gasteiger partial charge in [0.25, 0.3) is 0 Å². The molecule has 2 aromatic rings. The minimum absolute atomic E-state index is 0.410. The van der Waals surface area contributed by atoms with Gasteiger partial charge in [-0.1, -0.05) is 11.6 Å². The molecule has 0 unspecified atom stereocenters. The molecule has 0 spiro atoms. The van der Waals surface area contributed by atoms with Gasteiger partial charge in [-0.3, -0.25) is 0 Å². The van der Waals surface area contributed by atoms with Gasteiger partial charge in [0.1, 0.15) is 17.8 Å². The van der Waals surface area contributed by atoms with Crippen molar-refractivity contribution in [2.24, 2.45) is 0 Å². The van der Waals surface area contributed by atoms with E-state index in [-0.39, 0.29) is 0 Å². The van der Waals surface area contributed by atoms with Crippen LogP contribution in [0.1, 0.15) is 12.8 Å². The Morgan fingerprint density at radius 3 is 3.18 bits per heavy atom. The van der Waals surface area contributed by atoms with Crippen molar-refractivity contribution in [3.8, 4) is 0 Å². The second-order valence-corrected chi connectivity index (χ2v) is 4.68. The Labute approximate surface area is 104 Å². The van der Waals surface area contributed by atoms with Crippen molar-refractivity contribution in [2.45, 2.75) is 18.9 Å². The molecule has 0 aliphatic carbocycles. The minimum Gasteiger partial charge on any atom is -0.365 e. The monoisotopic (exact) mass is 251 g/mol. The molecule has 1 atom stereocenters. The molecule has 3 N–H and O–H groups in total. The van der Waals surface area contributed by atoms with Gasteiger partial charge in [-0.25, -0.2) is 9.97 Å². The molecule has 1 aliphatic heterocycles. The number of aromatic amines is 1. The molecule has 1 aliphatic rings. The van der Waals surface area contributed by atoms with Gasteiger partial charge >= 0.3 is 0 Å². The molecule has 0 bridgehead atoms. The van der Waals surface area contributed by atoms with Crippen molar-refractivity contribution in [3.63, 3.8) is 0 Å². The third-order valence-corrected chi connectivity index (χ3v) is 3.36. The summed E-state index contributed by atoms with van der Waals surface area (Å²) >= 11 is 6.13. The van der Waals surface area contributed by atoms with Gasteiger partial charge in [-0.15, -0.1) is 0 Å². The predicted molar refractivity (Wildman–Crippen MR) is 68.4 cm³/mol. The Hall–Kier alpha value is -1.33. The Morgan fingerprint density at radius 2 is 2.35 bits per heavy atom. The first-order valence-electron chi connectivity index (χ1n) is 5.79. The first-order chi connectivity index (χ1) is 8.34. The Morgan fingerprint density at radius 1 is 1.41 bits per heavy atom. The summed E-state index contributed by atoms with van der Waals surface area (Å²) in [6, 6.07) is 0.410. The summed E-state index contributed by atoms with van der Waals surface area (Å²) in [5.41, 5.74) is 0.774. The molecular formula is C11H14ClN5. The number of nitrogens with one attached hydrogen (secondary N) is 3. The first kappa shape index (κ1) is 10.8. The van der Waals surface area contributed by atoms with Crippen LogP contribution >= 0.6 is 11.6 Å². The van der Waals surface area contributed by atoms with Crippen molar-refractivity contribution in [1.29, 1.82) is 0 Å². The zero-order valence-electron chi connectivity index (χ0n) is 9.33. The molecule has 6 heteroatoms. The molecule has 3 heterocycles. The maximum Gasteiger partial charge on any atom is 0.144 e. The number of fused-ring (bicyclic) bond motifs is 1. The van der Waals surface area contributed by atoms with Crippen molar-refractivity contribution < 1.29 is 0 Å². The Kier molecular flexibility index (Phi) is 2.86. The van der Waals surface area contributed by atoms with Crippen molar-refractivity contribution in [2.75, 3.05) is 18.4 Å². The smallest absolute Gasteiger partial charge is 0.144 e. The van der Waals surface area contributed by atoms with E-state index in [1.165, 1.54) is 6.42 Å². The second kappa shape index (κ2) is 4.50. The largest absolute Gasteiger partial charge is 0.365 e. The highest BCUT2D eigenvalue weighted by Gasteiger charge is 2.16. The number of hydrogen-bond acceptors (Lipinski definition) is 4. The average Bonchev–Trinajstić information content (AvgIpc) is 2.74. The van der Waals surface area contributed by atoms with Crippen molar-refractivity contribution >= 4 is 28.5 Å². The molecule has 5 nitrogen and oxygen atoms in total. The van der Waals surface area contributed by atoms with Crippen LogP contribution in [-0.2, 0) is 0 Å². The molecule has 0 radical (unpaired) electrons. The number of halogens is 1. The fraction of sp³-hybridized carbons (Fsp3) is 0.455. The lowest BCUT2D eigenvalue weighted by Gasteiger charge is -2.24. The number of H-pyrrole nitrogens is 1. The highest BCUT2D eigenvalue weighted by atomic mass is 35.5. The fourth-order valence-corrected chi connectivity index (χ4v) is 2.44. The van der Waals surface area contributed by atoms with Crippen LogP contribution < -0.4 is 10.6 Å². The van der Waals surface area contributed by atoms with Gasteiger partial charge in [0.15, 0.2) is 0 Å². The number of rotatable bonds is 2. The number of nitrogens with zero attached hydrogens (tertiary/aromatic N) is 2. The van der Waals surface area contributed by atoms with E-state index < -0.39 is 0 Å². The summed E-state index contributed by atoms with van der Waals surface area (Å²) in [5.74, 6) is 0.815. The number of hydrogen-bond donors (Lipinski definition) is 3. The van der Waals surface area contributed by atoms with E-state index in [9.17, 15) is 0 Å². The van der Waals surface area contributed by atoms with E-state index in [4.69, 9.17) is 11.6 Å². The van der Waals surface area contributed by atoms with Gasteiger partial charge in [0.05, 0.1) is 10.4 Å². The fourth-order valence-electron chi connectivity index (χ4n) is 2.20. The molecule has 2 aromatic heterocycles. The third kappa shape index (κ3) is 2.08. The number of anilines is 1. The van der Waals surface area contributed by atoms with Crippen molar-refractivity contribution in [3.05, 3.63) is 17.5 Å². The lowest BCUT2D eigenvalue weighted by molar-refractivity contribution is 0.479. The zero-order valence-corrected chi connectivity index (χ0v) is 10.1. The highest BCUT2D eigenvalue weighted by Crippen LogP contribution is 2.27. The van der Waals surface area contributed by atoms with Gasteiger partial charge in [-0.05, 0) is 19.4 Å². The van der Waals surface area contributed by atoms with E-state index in [1.807, 2.05) is 0 Å². The van der Waals surface area contributed by atoms with Crippen LogP contribution in [0.5, 0.6) is 0 Å². The van der Waals surface area contributed by atoms with Gasteiger partial charge < -0.3 is 15.6 Å². The van der Waals surface area contributed by atoms with Crippen LogP contribution in [0.3, 0.4) is 0 Å². The molecule has 0 saturated carbocycles. The molecule has 0 amide bonds. The van der Waals surface area contributed by atoms with Crippen LogP contribution in [0, 0.1) is 0 Å². The van der Waals surface area contributed by atoms with Crippen LogP contribution in [0.25, 0.3) is 11.0 Å². The van der Waals surface area contributed by atoms with Crippen LogP contribution in [0.4, 0.5) is 5.82 Å². The molecule has 1 fully saturated rings. The topological polar surface area (TPSA) is 65.6 Å². The van der Waals surface area contributed by atoms with Crippen molar-refractivity contribution in [1.82, 2.24) is 20.3 Å². The predicted octanol–water partition coefficient (Wildman–Crippen LogP) is 1.78. The van der Waals surface area contributed by atoms with E-state index in [0.717, 1.165) is 36.4 Å². The van der Waals surface area contributed by atoms with E-state index >= 15 is 0 Å². The zero-order chi connectivity index (χ0) is 11.7. The molecule has 3 rings (SSSR count). The number of aromatic nitrogens is 3. The van der Waals surface area contributed by atoms with E-state index in [1.54, 1.807) is 12.5 Å². The van der Waals surface area contributed by atoms with Crippen LogP contribution in [0.2, 0.25) is 5.02 Å². The summed E-state index contributed by atoms with van der Waals surface area (Å²) in [7, 11) is 0. The lowest BCUT2D eigenvalue weighted by Crippen LogP contribution is -2.38. The van der Waals surface area contributed by atoms with Crippen LogP contribution in [0.15, 0.2) is 12.5 Å². The normalized spacial score (nSPS) is 20.6. The summed E-state index contributed by atoms with van der Waals surface area (Å²) in [6.45, 7) is 2.07. The first-order valence-corrected chi connectivity index (χ1v) is 6.17. The molecule has 90 valence electrons. The average molecular weight is 252 g/mol. The summed E-state index contributed by atoms with van der Waals surface area (Å²) in [6.07, 6.45) is 5.63. The Balaban J connectivity index is 1.91. The second-order valence-electron chi connectivity index (χ2n) is 4.27. The third-order valence-electron chi connectivity index (χ3n) is 3.06. The van der Waals surface area contributed by atoms with Crippen LogP contribution in [-0.4, -0.2) is 34.1 Å². The molecule has 1 saturated heterocycles. The molecule has 0 aromatic carbocycles. The van der Waals surface area contributed by atoms with Gasteiger partial charge in [0, 0.05) is 18.8 Å². The van der Waals surface area contributed by atoms with E-state index in [0.29, 0.717) is 11.1 Å².